The van der Waals surface area contributed by atoms with Crippen molar-refractivity contribution in [3.63, 3.8) is 0 Å². The summed E-state index contributed by atoms with van der Waals surface area (Å²) in [5.41, 5.74) is 1.02. The van der Waals surface area contributed by atoms with Crippen molar-refractivity contribution in [1.82, 2.24) is 10.2 Å². The van der Waals surface area contributed by atoms with Crippen molar-refractivity contribution >= 4 is 44.9 Å². The van der Waals surface area contributed by atoms with Gasteiger partial charge in [0.25, 0.3) is 5.91 Å². The minimum atomic E-state index is -0.703. The number of halogens is 1. The number of rotatable bonds is 5. The predicted octanol–water partition coefficient (Wildman–Crippen LogP) is 5.01. The van der Waals surface area contributed by atoms with Gasteiger partial charge in [0.1, 0.15) is 16.3 Å². The molecule has 1 aliphatic rings. The average molecular weight is 468 g/mol. The number of benzene rings is 2. The zero-order valence-corrected chi connectivity index (χ0v) is 18.9. The van der Waals surface area contributed by atoms with E-state index >= 15 is 0 Å². The summed E-state index contributed by atoms with van der Waals surface area (Å²) in [4.78, 5) is 28.5. The second-order valence-electron chi connectivity index (χ2n) is 7.23. The molecule has 1 atom stereocenters. The third kappa shape index (κ3) is 3.27. The number of hydrogen-bond donors (Lipinski definition) is 0. The molecule has 0 saturated carbocycles. The second kappa shape index (κ2) is 8.03. The maximum absolute atomic E-state index is 13.6. The van der Waals surface area contributed by atoms with Crippen LogP contribution < -0.4 is 15.1 Å². The molecule has 2 aromatic heterocycles. The van der Waals surface area contributed by atoms with E-state index in [1.807, 2.05) is 38.1 Å². The van der Waals surface area contributed by atoms with E-state index in [9.17, 15) is 9.59 Å². The lowest BCUT2D eigenvalue weighted by molar-refractivity contribution is 0.0970. The minimum Gasteiger partial charge on any atom is -0.494 e. The number of carbonyl (C=O) groups excluding carboxylic acids is 1. The molecule has 0 fully saturated rings. The third-order valence-corrected chi connectivity index (χ3v) is 6.61. The number of aromatic nitrogens is 2. The summed E-state index contributed by atoms with van der Waals surface area (Å²) >= 11 is 7.45. The second-order valence-corrected chi connectivity index (χ2v) is 8.70. The number of amides is 1. The lowest BCUT2D eigenvalue weighted by atomic mass is 9.98. The predicted molar refractivity (Wildman–Crippen MR) is 123 cm³/mol. The van der Waals surface area contributed by atoms with Crippen LogP contribution in [0.15, 0.2) is 51.7 Å². The van der Waals surface area contributed by atoms with Crippen molar-refractivity contribution in [2.75, 3.05) is 11.5 Å². The molecule has 5 rings (SSSR count). The molecule has 2 aromatic carbocycles. The van der Waals surface area contributed by atoms with E-state index in [0.717, 1.165) is 10.6 Å². The summed E-state index contributed by atoms with van der Waals surface area (Å²) in [7, 11) is 0. The summed E-state index contributed by atoms with van der Waals surface area (Å²) in [6.07, 6.45) is 0.694. The first-order valence-electron chi connectivity index (χ1n) is 10.2. The fourth-order valence-electron chi connectivity index (χ4n) is 3.86. The van der Waals surface area contributed by atoms with E-state index in [1.54, 1.807) is 18.2 Å². The Morgan fingerprint density at radius 2 is 1.91 bits per heavy atom. The van der Waals surface area contributed by atoms with Gasteiger partial charge in [0, 0.05) is 5.02 Å². The van der Waals surface area contributed by atoms with Crippen LogP contribution in [0.2, 0.25) is 5.02 Å². The minimum absolute atomic E-state index is 0.0111. The molecule has 1 aliphatic heterocycles. The standard InChI is InChI=1S/C23H18ClN3O4S/c1-3-17-25-26-23(32-17)27-19(12-5-8-14(9-6-12)30-4-2)18-20(28)15-11-13(24)7-10-16(15)31-21(18)22(27)29/h5-11,19H,3-4H2,1-2H3/t19-/m1/s1. The number of aryl methyl sites for hydroxylation is 1. The molecule has 4 aromatic rings. The fraction of sp³-hybridized carbons (Fsp3) is 0.217. The van der Waals surface area contributed by atoms with Crippen LogP contribution in [0, 0.1) is 0 Å². The van der Waals surface area contributed by atoms with Crippen LogP contribution in [0.5, 0.6) is 5.75 Å². The molecular weight excluding hydrogens is 450 g/mol. The van der Waals surface area contributed by atoms with Gasteiger partial charge in [0.2, 0.25) is 10.9 Å². The summed E-state index contributed by atoms with van der Waals surface area (Å²) in [5.74, 6) is 0.289. The molecule has 32 heavy (non-hydrogen) atoms. The van der Waals surface area contributed by atoms with Crippen molar-refractivity contribution in [3.8, 4) is 5.75 Å². The summed E-state index contributed by atoms with van der Waals surface area (Å²) in [6.45, 7) is 4.41. The molecule has 0 unspecified atom stereocenters. The number of ether oxygens (including phenoxy) is 1. The highest BCUT2D eigenvalue weighted by atomic mass is 35.5. The lowest BCUT2D eigenvalue weighted by Gasteiger charge is -2.22. The number of hydrogen-bond acceptors (Lipinski definition) is 7. The maximum Gasteiger partial charge on any atom is 0.297 e. The topological polar surface area (TPSA) is 85.5 Å². The van der Waals surface area contributed by atoms with E-state index in [4.69, 9.17) is 20.8 Å². The van der Waals surface area contributed by atoms with E-state index in [1.165, 1.54) is 16.2 Å². The molecular formula is C23H18ClN3O4S. The van der Waals surface area contributed by atoms with Gasteiger partial charge in [0.15, 0.2) is 5.43 Å². The molecule has 9 heteroatoms. The van der Waals surface area contributed by atoms with Gasteiger partial charge in [-0.2, -0.15) is 0 Å². The monoisotopic (exact) mass is 467 g/mol. The van der Waals surface area contributed by atoms with E-state index in [0.29, 0.717) is 39.9 Å². The van der Waals surface area contributed by atoms with E-state index in [2.05, 4.69) is 10.2 Å². The molecule has 1 amide bonds. The Labute approximate surface area is 192 Å². The summed E-state index contributed by atoms with van der Waals surface area (Å²) < 4.78 is 11.5. The van der Waals surface area contributed by atoms with Crippen molar-refractivity contribution in [1.29, 1.82) is 0 Å². The Balaban J connectivity index is 1.75. The number of nitrogens with zero attached hydrogens (tertiary/aromatic N) is 3. The zero-order valence-electron chi connectivity index (χ0n) is 17.3. The van der Waals surface area contributed by atoms with Crippen molar-refractivity contribution in [3.05, 3.63) is 79.6 Å². The normalized spacial score (nSPS) is 15.4. The van der Waals surface area contributed by atoms with Crippen LogP contribution in [0.4, 0.5) is 5.13 Å². The Hall–Kier alpha value is -3.23. The molecule has 7 nitrogen and oxygen atoms in total. The molecule has 0 radical (unpaired) electrons. The highest BCUT2D eigenvalue weighted by molar-refractivity contribution is 7.15. The first kappa shape index (κ1) is 20.7. The van der Waals surface area contributed by atoms with Crippen LogP contribution in [0.3, 0.4) is 0 Å². The molecule has 0 aliphatic carbocycles. The van der Waals surface area contributed by atoms with Crippen LogP contribution in [0.25, 0.3) is 11.0 Å². The number of carbonyl (C=O) groups is 1. The van der Waals surface area contributed by atoms with E-state index in [-0.39, 0.29) is 16.8 Å². The fourth-order valence-corrected chi connectivity index (χ4v) is 4.83. The summed E-state index contributed by atoms with van der Waals surface area (Å²) in [6, 6.07) is 11.4. The quantitative estimate of drug-likeness (QED) is 0.410. The smallest absolute Gasteiger partial charge is 0.297 e. The van der Waals surface area contributed by atoms with Crippen LogP contribution >= 0.6 is 22.9 Å². The summed E-state index contributed by atoms with van der Waals surface area (Å²) in [5, 5.41) is 10.3. The van der Waals surface area contributed by atoms with Gasteiger partial charge in [-0.15, -0.1) is 10.2 Å². The largest absolute Gasteiger partial charge is 0.494 e. The third-order valence-electron chi connectivity index (χ3n) is 5.30. The van der Waals surface area contributed by atoms with Crippen molar-refractivity contribution in [2.24, 2.45) is 0 Å². The first-order chi connectivity index (χ1) is 15.5. The number of fused-ring (bicyclic) bond motifs is 2. The molecule has 162 valence electrons. The molecule has 0 saturated heterocycles. The first-order valence-corrected chi connectivity index (χ1v) is 11.4. The van der Waals surface area contributed by atoms with Crippen LogP contribution in [-0.4, -0.2) is 22.7 Å². The molecule has 0 bridgehead atoms. The Kier molecular flexibility index (Phi) is 5.19. The Morgan fingerprint density at radius 1 is 1.12 bits per heavy atom. The van der Waals surface area contributed by atoms with Gasteiger partial charge >= 0.3 is 0 Å². The van der Waals surface area contributed by atoms with Gasteiger partial charge in [-0.1, -0.05) is 42.0 Å². The van der Waals surface area contributed by atoms with Gasteiger partial charge in [0.05, 0.1) is 23.6 Å². The van der Waals surface area contributed by atoms with Gasteiger partial charge < -0.3 is 9.15 Å². The molecule has 0 N–H and O–H groups in total. The molecule has 3 heterocycles. The van der Waals surface area contributed by atoms with Gasteiger partial charge in [-0.3, -0.25) is 14.5 Å². The molecule has 0 spiro atoms. The Morgan fingerprint density at radius 3 is 2.59 bits per heavy atom. The van der Waals surface area contributed by atoms with E-state index < -0.39 is 11.9 Å². The SMILES string of the molecule is CCOc1ccc([C@@H]2c3c(oc4ccc(Cl)cc4c3=O)C(=O)N2c2nnc(CC)s2)cc1. The van der Waals surface area contributed by atoms with Crippen molar-refractivity contribution in [2.45, 2.75) is 26.3 Å². The van der Waals surface area contributed by atoms with Gasteiger partial charge in [-0.05, 0) is 49.2 Å². The average Bonchev–Trinajstić information content (AvgIpc) is 3.38. The van der Waals surface area contributed by atoms with Crippen LogP contribution in [0.1, 0.15) is 46.6 Å². The zero-order chi connectivity index (χ0) is 22.4. The maximum atomic E-state index is 13.6. The highest BCUT2D eigenvalue weighted by Crippen LogP contribution is 2.42. The highest BCUT2D eigenvalue weighted by Gasteiger charge is 2.45. The Bertz CT molecular complexity index is 1400. The number of anilines is 1. The van der Waals surface area contributed by atoms with Gasteiger partial charge in [-0.25, -0.2) is 0 Å². The van der Waals surface area contributed by atoms with Crippen LogP contribution in [-0.2, 0) is 6.42 Å². The lowest BCUT2D eigenvalue weighted by Crippen LogP contribution is -2.29. The van der Waals surface area contributed by atoms with Crippen molar-refractivity contribution < 1.29 is 13.9 Å².